The highest BCUT2D eigenvalue weighted by Gasteiger charge is 2.16. The van der Waals surface area contributed by atoms with Gasteiger partial charge in [0.05, 0.1) is 0 Å². The molecule has 3 rings (SSSR count). The van der Waals surface area contributed by atoms with Crippen LogP contribution in [-0.4, -0.2) is 0 Å². The van der Waals surface area contributed by atoms with E-state index in [0.29, 0.717) is 0 Å². The van der Waals surface area contributed by atoms with Gasteiger partial charge >= 0.3 is 0 Å². The number of unbranched alkanes of at least 4 members (excludes halogenated alkanes) is 1. The van der Waals surface area contributed by atoms with E-state index in [1.165, 1.54) is 84.7 Å². The summed E-state index contributed by atoms with van der Waals surface area (Å²) in [5.41, 5.74) is 9.41. The Morgan fingerprint density at radius 2 is 0.744 bits per heavy atom. The zero-order valence-corrected chi connectivity index (χ0v) is 26.7. The Kier molecular flexibility index (Phi) is 10.7. The Balaban J connectivity index is 1.56. The van der Waals surface area contributed by atoms with Gasteiger partial charge in [0.2, 0.25) is 0 Å². The molecule has 3 aromatic rings. The van der Waals surface area contributed by atoms with Crippen molar-refractivity contribution >= 4 is 0 Å². The number of hydrogen-bond donors (Lipinski definition) is 0. The second-order valence-corrected chi connectivity index (χ2v) is 15.0. The van der Waals surface area contributed by atoms with Crippen LogP contribution < -0.4 is 0 Å². The van der Waals surface area contributed by atoms with Gasteiger partial charge in [0, 0.05) is 0 Å². The molecule has 0 N–H and O–H groups in total. The van der Waals surface area contributed by atoms with Gasteiger partial charge in [-0.2, -0.15) is 0 Å². The molecule has 0 heterocycles. The quantitative estimate of drug-likeness (QED) is 0.219. The van der Waals surface area contributed by atoms with E-state index in [1.807, 2.05) is 0 Å². The van der Waals surface area contributed by atoms with Gasteiger partial charge in [0.1, 0.15) is 0 Å². The lowest BCUT2D eigenvalue weighted by Gasteiger charge is -2.21. The summed E-state index contributed by atoms with van der Waals surface area (Å²) >= 11 is 0. The molecular weight excluding hydrogens is 468 g/mol. The van der Waals surface area contributed by atoms with E-state index in [4.69, 9.17) is 0 Å². The molecule has 0 fully saturated rings. The molecule has 1 unspecified atom stereocenters. The van der Waals surface area contributed by atoms with Gasteiger partial charge in [0.25, 0.3) is 0 Å². The van der Waals surface area contributed by atoms with Gasteiger partial charge in [-0.15, -0.1) is 0 Å². The van der Waals surface area contributed by atoms with Crippen LogP contribution in [0.5, 0.6) is 0 Å². The molecule has 0 saturated carbocycles. The number of aryl methyl sites for hydroxylation is 2. The average Bonchev–Trinajstić information content (AvgIpc) is 2.86. The van der Waals surface area contributed by atoms with Crippen molar-refractivity contribution < 1.29 is 0 Å². The van der Waals surface area contributed by atoms with Crippen molar-refractivity contribution in [2.75, 3.05) is 0 Å². The van der Waals surface area contributed by atoms with Crippen molar-refractivity contribution in [2.24, 2.45) is 5.92 Å². The van der Waals surface area contributed by atoms with Gasteiger partial charge < -0.3 is 0 Å². The summed E-state index contributed by atoms with van der Waals surface area (Å²) < 4.78 is 0. The molecule has 0 aliphatic carbocycles. The number of hydrogen-bond acceptors (Lipinski definition) is 0. The van der Waals surface area contributed by atoms with E-state index in [0.717, 1.165) is 5.92 Å². The van der Waals surface area contributed by atoms with Crippen LogP contribution in [0, 0.1) is 5.92 Å². The van der Waals surface area contributed by atoms with Crippen LogP contribution in [0.1, 0.15) is 128 Å². The lowest BCUT2D eigenvalue weighted by Crippen LogP contribution is -2.11. The summed E-state index contributed by atoms with van der Waals surface area (Å²) in [5.74, 6) is 0.752. The van der Waals surface area contributed by atoms with Gasteiger partial charge in [0.15, 0.2) is 0 Å². The van der Waals surface area contributed by atoms with Gasteiger partial charge in [-0.1, -0.05) is 148 Å². The largest absolute Gasteiger partial charge is 0.0588 e. The fraction of sp³-hybridized carbons (Fsp3) is 0.538. The fourth-order valence-corrected chi connectivity index (χ4v) is 5.52. The van der Waals surface area contributed by atoms with Crippen molar-refractivity contribution in [3.63, 3.8) is 0 Å². The van der Waals surface area contributed by atoms with Gasteiger partial charge in [-0.05, 0) is 94.1 Å². The summed E-state index contributed by atoms with van der Waals surface area (Å²) in [6.07, 6.45) is 10.1. The van der Waals surface area contributed by atoms with Crippen molar-refractivity contribution in [1.82, 2.24) is 0 Å². The predicted molar refractivity (Wildman–Crippen MR) is 173 cm³/mol. The SMILES string of the molecule is CC(C)(C)c1ccc(CCCCC(CCCc2ccc(C(C)(C)C)cc2)Cc2ccc(C(C)(C)C)cc2)cc1. The highest BCUT2D eigenvalue weighted by atomic mass is 14.2. The third-order valence-electron chi connectivity index (χ3n) is 8.39. The van der Waals surface area contributed by atoms with Crippen LogP contribution in [0.4, 0.5) is 0 Å². The van der Waals surface area contributed by atoms with Crippen LogP contribution in [0.15, 0.2) is 72.8 Å². The fourth-order valence-electron chi connectivity index (χ4n) is 5.52. The Labute approximate surface area is 241 Å². The number of benzene rings is 3. The first kappa shape index (κ1) is 31.2. The maximum Gasteiger partial charge on any atom is -0.0132 e. The second-order valence-electron chi connectivity index (χ2n) is 15.0. The topological polar surface area (TPSA) is 0 Å². The summed E-state index contributed by atoms with van der Waals surface area (Å²) in [4.78, 5) is 0. The Morgan fingerprint density at radius 1 is 0.410 bits per heavy atom. The van der Waals surface area contributed by atoms with E-state index in [9.17, 15) is 0 Å². The van der Waals surface area contributed by atoms with Crippen molar-refractivity contribution in [1.29, 1.82) is 0 Å². The zero-order chi connectivity index (χ0) is 28.7. The maximum atomic E-state index is 2.38. The first-order chi connectivity index (χ1) is 18.2. The van der Waals surface area contributed by atoms with Crippen molar-refractivity contribution in [3.05, 3.63) is 106 Å². The summed E-state index contributed by atoms with van der Waals surface area (Å²) in [6, 6.07) is 28.2. The molecule has 0 aliphatic rings. The van der Waals surface area contributed by atoms with Crippen LogP contribution in [-0.2, 0) is 35.5 Å². The third kappa shape index (κ3) is 10.3. The minimum atomic E-state index is 0.214. The first-order valence-electron chi connectivity index (χ1n) is 15.5. The van der Waals surface area contributed by atoms with E-state index in [2.05, 4.69) is 135 Å². The molecule has 1 atom stereocenters. The molecule has 39 heavy (non-hydrogen) atoms. The minimum Gasteiger partial charge on any atom is -0.0588 e. The molecule has 0 nitrogen and oxygen atoms in total. The van der Waals surface area contributed by atoms with Gasteiger partial charge in [-0.25, -0.2) is 0 Å². The van der Waals surface area contributed by atoms with Crippen LogP contribution in [0.3, 0.4) is 0 Å². The zero-order valence-electron chi connectivity index (χ0n) is 26.7. The van der Waals surface area contributed by atoms with E-state index >= 15 is 0 Å². The third-order valence-corrected chi connectivity index (χ3v) is 8.39. The standard InChI is InChI=1S/C39H56/c1-37(2,3)34-23-17-30(18-24-34)13-10-11-14-32(29-33-21-27-36(28-22-33)39(7,8)9)16-12-15-31-19-25-35(26-20-31)38(4,5)6/h17-28,32H,10-16,29H2,1-9H3. The van der Waals surface area contributed by atoms with E-state index in [-0.39, 0.29) is 16.2 Å². The summed E-state index contributed by atoms with van der Waals surface area (Å²) in [7, 11) is 0. The smallest absolute Gasteiger partial charge is 0.0132 e. The molecule has 0 bridgehead atoms. The molecule has 0 amide bonds. The molecule has 0 aliphatic heterocycles. The normalized spacial score (nSPS) is 13.5. The second kappa shape index (κ2) is 13.3. The highest BCUT2D eigenvalue weighted by molar-refractivity contribution is 5.29. The highest BCUT2D eigenvalue weighted by Crippen LogP contribution is 2.27. The molecular formula is C39H56. The maximum absolute atomic E-state index is 2.38. The van der Waals surface area contributed by atoms with Crippen molar-refractivity contribution in [3.8, 4) is 0 Å². The minimum absolute atomic E-state index is 0.214. The lowest BCUT2D eigenvalue weighted by atomic mass is 9.84. The van der Waals surface area contributed by atoms with Gasteiger partial charge in [-0.3, -0.25) is 0 Å². The summed E-state index contributed by atoms with van der Waals surface area (Å²) in [6.45, 7) is 20.7. The monoisotopic (exact) mass is 524 g/mol. The first-order valence-corrected chi connectivity index (χ1v) is 15.5. The molecule has 0 saturated heterocycles. The molecule has 0 spiro atoms. The average molecular weight is 525 g/mol. The van der Waals surface area contributed by atoms with Crippen LogP contribution in [0.2, 0.25) is 0 Å². The predicted octanol–water partition coefficient (Wildman–Crippen LogP) is 11.2. The van der Waals surface area contributed by atoms with Crippen molar-refractivity contribution in [2.45, 2.75) is 130 Å². The molecule has 0 radical (unpaired) electrons. The van der Waals surface area contributed by atoms with Crippen LogP contribution >= 0.6 is 0 Å². The Bertz CT molecular complexity index is 1110. The number of rotatable bonds is 11. The van der Waals surface area contributed by atoms with E-state index in [1.54, 1.807) is 0 Å². The summed E-state index contributed by atoms with van der Waals surface area (Å²) in [5, 5.41) is 0. The molecule has 3 aromatic carbocycles. The Morgan fingerprint density at radius 3 is 1.13 bits per heavy atom. The van der Waals surface area contributed by atoms with E-state index < -0.39 is 0 Å². The molecule has 0 aromatic heterocycles. The van der Waals surface area contributed by atoms with Crippen LogP contribution in [0.25, 0.3) is 0 Å². The Hall–Kier alpha value is -2.34. The molecule has 0 heteroatoms. The molecule has 212 valence electrons. The lowest BCUT2D eigenvalue weighted by molar-refractivity contribution is 0.415.